The molecule has 0 spiro atoms. The Kier molecular flexibility index (Phi) is 5.06. The van der Waals surface area contributed by atoms with Gasteiger partial charge >= 0.3 is 0 Å². The molecule has 2 heterocycles. The summed E-state index contributed by atoms with van der Waals surface area (Å²) in [4.78, 5) is 0. The van der Waals surface area contributed by atoms with Crippen molar-refractivity contribution in [2.24, 2.45) is 0 Å². The molecular weight excluding hydrogens is 286 g/mol. The topological polar surface area (TPSA) is 40.7 Å². The summed E-state index contributed by atoms with van der Waals surface area (Å²) in [6.07, 6.45) is 1.94. The first-order valence-electron chi connectivity index (χ1n) is 6.90. The third-order valence-electron chi connectivity index (χ3n) is 3.37. The number of nitrogens with one attached hydrogen (secondary N) is 2. The Bertz CT molecular complexity index is 519. The highest BCUT2D eigenvalue weighted by atomic mass is 32.2. The quantitative estimate of drug-likeness (QED) is 0.911. The van der Waals surface area contributed by atoms with E-state index in [4.69, 9.17) is 0 Å². The molecule has 0 radical (unpaired) electrons. The first-order valence-corrected chi connectivity index (χ1v) is 9.21. The van der Waals surface area contributed by atoms with E-state index >= 15 is 0 Å². The highest BCUT2D eigenvalue weighted by molar-refractivity contribution is 8.03. The smallest absolute Gasteiger partial charge is 0.0695 e. The molecule has 3 rings (SSSR count). The van der Waals surface area contributed by atoms with Crippen LogP contribution in [0.2, 0.25) is 0 Å². The summed E-state index contributed by atoms with van der Waals surface area (Å²) in [6, 6.07) is 11.0. The Hall–Kier alpha value is -0.910. The molecular formula is C15H19N3S2. The van der Waals surface area contributed by atoms with Crippen LogP contribution in [0.25, 0.3) is 11.3 Å². The van der Waals surface area contributed by atoms with Gasteiger partial charge in [0.1, 0.15) is 0 Å². The van der Waals surface area contributed by atoms with E-state index in [1.54, 1.807) is 0 Å². The minimum absolute atomic E-state index is 0.603. The van der Waals surface area contributed by atoms with Crippen molar-refractivity contribution in [1.29, 1.82) is 0 Å². The fourth-order valence-corrected chi connectivity index (χ4v) is 4.75. The number of rotatable bonds is 4. The summed E-state index contributed by atoms with van der Waals surface area (Å²) < 4.78 is 0. The van der Waals surface area contributed by atoms with Crippen LogP contribution in [0.4, 0.5) is 0 Å². The molecule has 1 aliphatic rings. The van der Waals surface area contributed by atoms with Gasteiger partial charge < -0.3 is 5.32 Å². The second-order valence-corrected chi connectivity index (χ2v) is 7.16. The van der Waals surface area contributed by atoms with Crippen molar-refractivity contribution in [3.63, 3.8) is 0 Å². The molecule has 0 amide bonds. The number of aromatic amines is 1. The van der Waals surface area contributed by atoms with Crippen molar-refractivity contribution in [1.82, 2.24) is 15.5 Å². The lowest BCUT2D eigenvalue weighted by molar-refractivity contribution is 0.604. The number of nitrogens with zero attached hydrogens (tertiary/aromatic N) is 1. The highest BCUT2D eigenvalue weighted by Crippen LogP contribution is 2.21. The van der Waals surface area contributed by atoms with Gasteiger partial charge in [0, 0.05) is 41.2 Å². The Balaban J connectivity index is 1.65. The molecule has 1 saturated heterocycles. The highest BCUT2D eigenvalue weighted by Gasteiger charge is 2.14. The Morgan fingerprint density at radius 2 is 1.90 bits per heavy atom. The van der Waals surface area contributed by atoms with E-state index in [1.807, 2.05) is 12.3 Å². The Morgan fingerprint density at radius 1 is 1.15 bits per heavy atom. The molecule has 0 bridgehead atoms. The molecule has 1 fully saturated rings. The maximum Gasteiger partial charge on any atom is 0.0695 e. The molecule has 5 heteroatoms. The zero-order valence-electron chi connectivity index (χ0n) is 11.3. The summed E-state index contributed by atoms with van der Waals surface area (Å²) in [6.45, 7) is 0.881. The summed E-state index contributed by atoms with van der Waals surface area (Å²) in [7, 11) is 0. The van der Waals surface area contributed by atoms with Gasteiger partial charge in [-0.1, -0.05) is 30.3 Å². The molecule has 0 aliphatic carbocycles. The lowest BCUT2D eigenvalue weighted by Gasteiger charge is -2.15. The van der Waals surface area contributed by atoms with Crippen LogP contribution in [0.5, 0.6) is 0 Å². The standard InChI is InChI=1S/C15H19N3S2/c1-2-4-12(5-3-1)15-13(9-17-18-15)8-16-14-10-19-6-7-20-11-14/h1-5,9,14,16H,6-8,10-11H2,(H,17,18). The van der Waals surface area contributed by atoms with Crippen molar-refractivity contribution in [2.45, 2.75) is 12.6 Å². The molecule has 1 aromatic carbocycles. The van der Waals surface area contributed by atoms with Crippen LogP contribution in [0.15, 0.2) is 36.5 Å². The number of hydrogen-bond acceptors (Lipinski definition) is 4. The number of aromatic nitrogens is 2. The van der Waals surface area contributed by atoms with E-state index < -0.39 is 0 Å². The molecule has 0 saturated carbocycles. The summed E-state index contributed by atoms with van der Waals surface area (Å²) in [5.41, 5.74) is 3.58. The molecule has 1 aliphatic heterocycles. The average molecular weight is 305 g/mol. The molecule has 1 aromatic heterocycles. The normalized spacial score (nSPS) is 17.0. The fourth-order valence-electron chi connectivity index (χ4n) is 2.29. The van der Waals surface area contributed by atoms with E-state index in [-0.39, 0.29) is 0 Å². The van der Waals surface area contributed by atoms with Crippen molar-refractivity contribution in [3.8, 4) is 11.3 Å². The molecule has 2 N–H and O–H groups in total. The summed E-state index contributed by atoms with van der Waals surface area (Å²) >= 11 is 4.11. The molecule has 2 aromatic rings. The van der Waals surface area contributed by atoms with Crippen molar-refractivity contribution < 1.29 is 0 Å². The van der Waals surface area contributed by atoms with Crippen LogP contribution >= 0.6 is 23.5 Å². The van der Waals surface area contributed by atoms with Gasteiger partial charge in [-0.25, -0.2) is 0 Å². The van der Waals surface area contributed by atoms with Gasteiger partial charge in [-0.2, -0.15) is 28.6 Å². The lowest BCUT2D eigenvalue weighted by Crippen LogP contribution is -2.32. The van der Waals surface area contributed by atoms with Crippen LogP contribution in [0.3, 0.4) is 0 Å². The van der Waals surface area contributed by atoms with E-state index in [9.17, 15) is 0 Å². The van der Waals surface area contributed by atoms with Crippen molar-refractivity contribution in [2.75, 3.05) is 23.0 Å². The Morgan fingerprint density at radius 3 is 2.65 bits per heavy atom. The minimum Gasteiger partial charge on any atom is -0.308 e. The van der Waals surface area contributed by atoms with Crippen LogP contribution < -0.4 is 5.32 Å². The number of hydrogen-bond donors (Lipinski definition) is 2. The maximum absolute atomic E-state index is 4.21. The van der Waals surface area contributed by atoms with E-state index in [1.165, 1.54) is 34.1 Å². The third kappa shape index (κ3) is 3.59. The van der Waals surface area contributed by atoms with Crippen LogP contribution in [0, 0.1) is 0 Å². The van der Waals surface area contributed by atoms with Crippen LogP contribution in [0.1, 0.15) is 5.56 Å². The minimum atomic E-state index is 0.603. The SMILES string of the molecule is c1ccc(-c2[nH]ncc2CNC2CSCCSC2)cc1. The fraction of sp³-hybridized carbons (Fsp3) is 0.400. The van der Waals surface area contributed by atoms with Crippen molar-refractivity contribution in [3.05, 3.63) is 42.1 Å². The van der Waals surface area contributed by atoms with Gasteiger partial charge in [0.2, 0.25) is 0 Å². The monoisotopic (exact) mass is 305 g/mol. The summed E-state index contributed by atoms with van der Waals surface area (Å²) in [5, 5.41) is 11.0. The Labute approximate surface area is 128 Å². The van der Waals surface area contributed by atoms with Gasteiger partial charge in [-0.05, 0) is 5.56 Å². The molecule has 106 valence electrons. The lowest BCUT2D eigenvalue weighted by atomic mass is 10.1. The second-order valence-electron chi connectivity index (χ2n) is 4.86. The van der Waals surface area contributed by atoms with Crippen LogP contribution in [-0.4, -0.2) is 39.3 Å². The number of H-pyrrole nitrogens is 1. The van der Waals surface area contributed by atoms with Gasteiger partial charge in [-0.3, -0.25) is 5.10 Å². The van der Waals surface area contributed by atoms with E-state index in [0.717, 1.165) is 12.2 Å². The third-order valence-corrected chi connectivity index (χ3v) is 5.89. The van der Waals surface area contributed by atoms with Crippen LogP contribution in [-0.2, 0) is 6.54 Å². The first kappa shape index (κ1) is 14.0. The molecule has 3 nitrogen and oxygen atoms in total. The molecule has 0 atom stereocenters. The van der Waals surface area contributed by atoms with Crippen molar-refractivity contribution >= 4 is 23.5 Å². The number of benzene rings is 1. The van der Waals surface area contributed by atoms with Gasteiger partial charge in [0.05, 0.1) is 11.9 Å². The zero-order chi connectivity index (χ0) is 13.6. The predicted octanol–water partition coefficient (Wildman–Crippen LogP) is 3.01. The largest absolute Gasteiger partial charge is 0.308 e. The zero-order valence-corrected chi connectivity index (χ0v) is 13.0. The van der Waals surface area contributed by atoms with Gasteiger partial charge in [-0.15, -0.1) is 0 Å². The first-order chi connectivity index (χ1) is 9.93. The van der Waals surface area contributed by atoms with Gasteiger partial charge in [0.15, 0.2) is 0 Å². The average Bonchev–Trinajstić information content (AvgIpc) is 2.81. The van der Waals surface area contributed by atoms with Gasteiger partial charge in [0.25, 0.3) is 0 Å². The summed E-state index contributed by atoms with van der Waals surface area (Å²) in [5.74, 6) is 4.99. The second kappa shape index (κ2) is 7.20. The van der Waals surface area contributed by atoms with E-state index in [2.05, 4.69) is 63.3 Å². The molecule has 20 heavy (non-hydrogen) atoms. The maximum atomic E-state index is 4.21. The van der Waals surface area contributed by atoms with E-state index in [0.29, 0.717) is 6.04 Å². The number of thioether (sulfide) groups is 2. The molecule has 0 unspecified atom stereocenters. The predicted molar refractivity (Wildman–Crippen MR) is 89.3 cm³/mol.